The van der Waals surface area contributed by atoms with E-state index in [4.69, 9.17) is 9.47 Å². The molecule has 2 rings (SSSR count). The van der Waals surface area contributed by atoms with E-state index < -0.39 is 5.97 Å². The molecule has 1 aromatic heterocycles. The second kappa shape index (κ2) is 6.38. The zero-order valence-electron chi connectivity index (χ0n) is 10.7. The first kappa shape index (κ1) is 14.3. The lowest BCUT2D eigenvalue weighted by atomic mass is 10.1. The number of halogens is 1. The number of rotatable bonds is 5. The summed E-state index contributed by atoms with van der Waals surface area (Å²) in [7, 11) is 1.55. The maximum atomic E-state index is 11.8. The number of ether oxygens (including phenoxy) is 2. The highest BCUT2D eigenvalue weighted by Gasteiger charge is 2.13. The molecule has 20 heavy (non-hydrogen) atoms. The molecule has 0 aliphatic carbocycles. The lowest BCUT2D eigenvalue weighted by Crippen LogP contribution is -2.14. The predicted octanol–water partition coefficient (Wildman–Crippen LogP) is 2.83. The van der Waals surface area contributed by atoms with E-state index >= 15 is 0 Å². The average molecular weight is 338 g/mol. The number of ketones is 1. The van der Waals surface area contributed by atoms with Crippen LogP contribution < -0.4 is 4.74 Å². The number of nitrogens with one attached hydrogen (secondary N) is 1. The zero-order chi connectivity index (χ0) is 14.5. The first-order chi connectivity index (χ1) is 9.60. The summed E-state index contributed by atoms with van der Waals surface area (Å²) in [6.45, 7) is -0.304. The van der Waals surface area contributed by atoms with Gasteiger partial charge in [-0.1, -0.05) is 0 Å². The fraction of sp³-hybridized carbons (Fsp3) is 0.143. The Balaban J connectivity index is 1.92. The van der Waals surface area contributed by atoms with Gasteiger partial charge in [0, 0.05) is 16.2 Å². The maximum absolute atomic E-state index is 11.8. The first-order valence-electron chi connectivity index (χ1n) is 5.78. The summed E-state index contributed by atoms with van der Waals surface area (Å²) < 4.78 is 10.7. The quantitative estimate of drug-likeness (QED) is 0.672. The van der Waals surface area contributed by atoms with Crippen LogP contribution in [0.25, 0.3) is 0 Å². The largest absolute Gasteiger partial charge is 0.497 e. The van der Waals surface area contributed by atoms with Crippen LogP contribution in [0.5, 0.6) is 5.75 Å². The van der Waals surface area contributed by atoms with E-state index in [-0.39, 0.29) is 12.4 Å². The van der Waals surface area contributed by atoms with Crippen molar-refractivity contribution in [2.75, 3.05) is 13.7 Å². The van der Waals surface area contributed by atoms with Crippen molar-refractivity contribution in [2.24, 2.45) is 0 Å². The molecule has 0 amide bonds. The van der Waals surface area contributed by atoms with Gasteiger partial charge in [0.1, 0.15) is 11.4 Å². The molecule has 0 fully saturated rings. The van der Waals surface area contributed by atoms with Gasteiger partial charge in [-0.25, -0.2) is 4.79 Å². The molecule has 5 nitrogen and oxygen atoms in total. The summed E-state index contributed by atoms with van der Waals surface area (Å²) in [5.74, 6) is -0.182. The number of aromatic amines is 1. The van der Waals surface area contributed by atoms with Gasteiger partial charge in [0.25, 0.3) is 0 Å². The van der Waals surface area contributed by atoms with Gasteiger partial charge < -0.3 is 14.5 Å². The van der Waals surface area contributed by atoms with Gasteiger partial charge in [-0.05, 0) is 46.3 Å². The lowest BCUT2D eigenvalue weighted by molar-refractivity contribution is 0.0469. The summed E-state index contributed by atoms with van der Waals surface area (Å²) in [5.41, 5.74) is 0.755. The van der Waals surface area contributed by atoms with Crippen molar-refractivity contribution in [3.63, 3.8) is 0 Å². The molecule has 0 saturated heterocycles. The average Bonchev–Trinajstić information content (AvgIpc) is 2.91. The highest BCUT2D eigenvalue weighted by molar-refractivity contribution is 9.10. The molecule has 0 spiro atoms. The molecule has 0 aliphatic rings. The summed E-state index contributed by atoms with van der Waals surface area (Å²) >= 11 is 3.21. The number of carbonyl (C=O) groups excluding carboxylic acids is 2. The van der Waals surface area contributed by atoms with Crippen LogP contribution in [-0.2, 0) is 4.74 Å². The number of hydrogen-bond acceptors (Lipinski definition) is 4. The van der Waals surface area contributed by atoms with Crippen LogP contribution in [0, 0.1) is 0 Å². The molecular formula is C14H12BrNO4. The highest BCUT2D eigenvalue weighted by atomic mass is 79.9. The van der Waals surface area contributed by atoms with E-state index in [1.807, 2.05) is 0 Å². The van der Waals surface area contributed by atoms with Crippen LogP contribution in [0.2, 0.25) is 0 Å². The Morgan fingerprint density at radius 3 is 2.50 bits per heavy atom. The van der Waals surface area contributed by atoms with Gasteiger partial charge >= 0.3 is 5.97 Å². The van der Waals surface area contributed by atoms with Crippen molar-refractivity contribution < 1.29 is 19.1 Å². The van der Waals surface area contributed by atoms with Crippen molar-refractivity contribution >= 4 is 27.7 Å². The van der Waals surface area contributed by atoms with Gasteiger partial charge in [-0.2, -0.15) is 0 Å². The molecule has 1 N–H and O–H groups in total. The Bertz CT molecular complexity index is 618. The Hall–Kier alpha value is -2.08. The van der Waals surface area contributed by atoms with E-state index in [9.17, 15) is 9.59 Å². The number of methoxy groups -OCH3 is 1. The Kier molecular flexibility index (Phi) is 4.57. The third kappa shape index (κ3) is 3.48. The van der Waals surface area contributed by atoms with Gasteiger partial charge in [0.15, 0.2) is 12.4 Å². The molecule has 0 unspecified atom stereocenters. The number of carbonyl (C=O) groups is 2. The number of benzene rings is 1. The molecule has 2 aromatic rings. The van der Waals surface area contributed by atoms with Crippen molar-refractivity contribution in [3.8, 4) is 5.75 Å². The molecule has 0 aliphatic heterocycles. The number of hydrogen-bond donors (Lipinski definition) is 1. The third-order valence-electron chi connectivity index (χ3n) is 2.61. The number of Topliss-reactive ketones (excluding diaryl/α,β-unsaturated/α-hetero) is 1. The van der Waals surface area contributed by atoms with E-state index in [1.54, 1.807) is 43.6 Å². The molecule has 104 valence electrons. The molecule has 0 saturated carbocycles. The van der Waals surface area contributed by atoms with E-state index in [2.05, 4.69) is 20.9 Å². The maximum Gasteiger partial charge on any atom is 0.355 e. The van der Waals surface area contributed by atoms with Crippen LogP contribution in [0.1, 0.15) is 20.8 Å². The monoisotopic (exact) mass is 337 g/mol. The summed E-state index contributed by atoms with van der Waals surface area (Å²) in [6.07, 6.45) is 1.61. The Labute approximate surface area is 124 Å². The van der Waals surface area contributed by atoms with Crippen molar-refractivity contribution in [1.29, 1.82) is 0 Å². The number of aromatic nitrogens is 1. The fourth-order valence-corrected chi connectivity index (χ4v) is 1.90. The molecule has 6 heteroatoms. The molecule has 0 atom stereocenters. The molecule has 1 heterocycles. The Morgan fingerprint density at radius 2 is 1.95 bits per heavy atom. The van der Waals surface area contributed by atoms with Gasteiger partial charge in [0.05, 0.1) is 7.11 Å². The number of esters is 1. The molecular weight excluding hydrogens is 326 g/mol. The summed E-state index contributed by atoms with van der Waals surface area (Å²) in [4.78, 5) is 26.2. The highest BCUT2D eigenvalue weighted by Crippen LogP contribution is 2.13. The lowest BCUT2D eigenvalue weighted by Gasteiger charge is -2.04. The van der Waals surface area contributed by atoms with Gasteiger partial charge in [0.2, 0.25) is 0 Å². The van der Waals surface area contributed by atoms with Crippen LogP contribution >= 0.6 is 15.9 Å². The topological polar surface area (TPSA) is 68.4 Å². The van der Waals surface area contributed by atoms with Crippen molar-refractivity contribution in [3.05, 3.63) is 52.3 Å². The predicted molar refractivity (Wildman–Crippen MR) is 76.1 cm³/mol. The van der Waals surface area contributed by atoms with Crippen molar-refractivity contribution in [2.45, 2.75) is 0 Å². The van der Waals surface area contributed by atoms with Gasteiger partial charge in [-0.15, -0.1) is 0 Å². The van der Waals surface area contributed by atoms with Crippen LogP contribution in [-0.4, -0.2) is 30.5 Å². The van der Waals surface area contributed by atoms with Crippen LogP contribution in [0.3, 0.4) is 0 Å². The minimum Gasteiger partial charge on any atom is -0.497 e. The number of H-pyrrole nitrogens is 1. The molecule has 0 radical (unpaired) electrons. The fourth-order valence-electron chi connectivity index (χ4n) is 1.55. The standard InChI is InChI=1S/C14H12BrNO4/c1-19-11-4-2-9(3-5-11)13(17)8-20-14(18)12-6-10(15)7-16-12/h2-7,16H,8H2,1H3. The third-order valence-corrected chi connectivity index (χ3v) is 3.07. The van der Waals surface area contributed by atoms with E-state index in [0.717, 1.165) is 4.47 Å². The minimum absolute atomic E-state index is 0.272. The second-order valence-corrected chi connectivity index (χ2v) is 4.88. The zero-order valence-corrected chi connectivity index (χ0v) is 12.3. The van der Waals surface area contributed by atoms with E-state index in [1.165, 1.54) is 0 Å². The smallest absolute Gasteiger partial charge is 0.355 e. The van der Waals surface area contributed by atoms with Crippen LogP contribution in [0.4, 0.5) is 0 Å². The summed E-state index contributed by atoms with van der Waals surface area (Å²) in [5, 5.41) is 0. The first-order valence-corrected chi connectivity index (χ1v) is 6.58. The van der Waals surface area contributed by atoms with Crippen LogP contribution in [0.15, 0.2) is 41.0 Å². The van der Waals surface area contributed by atoms with E-state index in [0.29, 0.717) is 17.0 Å². The second-order valence-electron chi connectivity index (χ2n) is 3.96. The molecule has 0 bridgehead atoms. The SMILES string of the molecule is COc1ccc(C(=O)COC(=O)c2cc(Br)c[nH]2)cc1. The minimum atomic E-state index is -0.572. The van der Waals surface area contributed by atoms with Gasteiger partial charge in [-0.3, -0.25) is 4.79 Å². The normalized spacial score (nSPS) is 10.1. The Morgan fingerprint density at radius 1 is 1.25 bits per heavy atom. The molecule has 1 aromatic carbocycles. The van der Waals surface area contributed by atoms with Crippen molar-refractivity contribution in [1.82, 2.24) is 4.98 Å². The summed E-state index contributed by atoms with van der Waals surface area (Å²) in [6, 6.07) is 8.19.